The highest BCUT2D eigenvalue weighted by Gasteiger charge is 2.08. The second kappa shape index (κ2) is 3.36. The second-order valence-electron chi connectivity index (χ2n) is 2.34. The van der Waals surface area contributed by atoms with Crippen LogP contribution in [0.25, 0.3) is 10.1 Å². The Morgan fingerprint density at radius 3 is 2.83 bits per heavy atom. The number of benzene rings is 1. The molecular weight excluding hydrogens is 323 g/mol. The molecule has 0 aliphatic rings. The summed E-state index contributed by atoms with van der Waals surface area (Å²) in [6, 6.07) is 6.11. The van der Waals surface area contributed by atoms with Gasteiger partial charge in [0.2, 0.25) is 0 Å². The van der Waals surface area contributed by atoms with Gasteiger partial charge in [-0.25, -0.2) is 0 Å². The summed E-state index contributed by atoms with van der Waals surface area (Å²) < 4.78 is 3.36. The van der Waals surface area contributed by atoms with Gasteiger partial charge in [0.05, 0.1) is 13.9 Å². The third-order valence-electron chi connectivity index (χ3n) is 1.59. The molecule has 4 heteroatoms. The van der Waals surface area contributed by atoms with Crippen LogP contribution in [-0.2, 0) is 0 Å². The number of hydrogen-bond donors (Lipinski definition) is 1. The SMILES string of the molecule is Sc1sc2c(I)cccc2c1Cl. The highest BCUT2D eigenvalue weighted by atomic mass is 127. The number of fused-ring (bicyclic) bond motifs is 1. The Morgan fingerprint density at radius 1 is 1.42 bits per heavy atom. The standard InChI is InChI=1S/C8H4ClIS2/c9-6-4-2-1-3-5(10)7(4)12-8(6)11/h1-3,11H. The van der Waals surface area contributed by atoms with E-state index in [1.54, 1.807) is 11.3 Å². The quantitative estimate of drug-likeness (QED) is 0.537. The summed E-state index contributed by atoms with van der Waals surface area (Å²) in [7, 11) is 0. The first-order valence-electron chi connectivity index (χ1n) is 3.25. The van der Waals surface area contributed by atoms with Gasteiger partial charge >= 0.3 is 0 Å². The van der Waals surface area contributed by atoms with Gasteiger partial charge in [-0.15, -0.1) is 24.0 Å². The van der Waals surface area contributed by atoms with Gasteiger partial charge in [-0.05, 0) is 28.7 Å². The van der Waals surface area contributed by atoms with Crippen LogP contribution in [0.5, 0.6) is 0 Å². The van der Waals surface area contributed by atoms with Crippen LogP contribution in [-0.4, -0.2) is 0 Å². The van der Waals surface area contributed by atoms with Crippen LogP contribution in [0.2, 0.25) is 5.02 Å². The number of thiol groups is 1. The molecule has 0 N–H and O–H groups in total. The van der Waals surface area contributed by atoms with Gasteiger partial charge in [-0.2, -0.15) is 0 Å². The van der Waals surface area contributed by atoms with Crippen LogP contribution in [0.3, 0.4) is 0 Å². The van der Waals surface area contributed by atoms with Crippen molar-refractivity contribution in [2.24, 2.45) is 0 Å². The molecule has 0 nitrogen and oxygen atoms in total. The lowest BCUT2D eigenvalue weighted by Gasteiger charge is -1.91. The highest BCUT2D eigenvalue weighted by Crippen LogP contribution is 2.39. The fraction of sp³-hybridized carbons (Fsp3) is 0. The summed E-state index contributed by atoms with van der Waals surface area (Å²) in [5, 5.41) is 1.88. The Hall–Kier alpha value is 0.550. The molecule has 12 heavy (non-hydrogen) atoms. The average Bonchev–Trinajstić information content (AvgIpc) is 2.32. The van der Waals surface area contributed by atoms with E-state index in [-0.39, 0.29) is 0 Å². The Balaban J connectivity index is 2.95. The first kappa shape index (κ1) is 9.12. The highest BCUT2D eigenvalue weighted by molar-refractivity contribution is 14.1. The molecular formula is C8H4ClIS2. The van der Waals surface area contributed by atoms with Crippen molar-refractivity contribution in [3.63, 3.8) is 0 Å². The van der Waals surface area contributed by atoms with Gasteiger partial charge in [0.15, 0.2) is 0 Å². The zero-order chi connectivity index (χ0) is 8.72. The minimum atomic E-state index is 0.775. The topological polar surface area (TPSA) is 0 Å². The van der Waals surface area contributed by atoms with Crippen molar-refractivity contribution in [1.82, 2.24) is 0 Å². The summed E-state index contributed by atoms with van der Waals surface area (Å²) >= 11 is 14.3. The zero-order valence-corrected chi connectivity index (χ0v) is 10.5. The maximum Gasteiger partial charge on any atom is 0.0768 e. The van der Waals surface area contributed by atoms with E-state index >= 15 is 0 Å². The van der Waals surface area contributed by atoms with Crippen molar-refractivity contribution in [1.29, 1.82) is 0 Å². The Labute approximate surface area is 98.5 Å². The summed E-state index contributed by atoms with van der Waals surface area (Å²) in [5.74, 6) is 0. The molecule has 0 saturated heterocycles. The largest absolute Gasteiger partial charge is 0.131 e. The van der Waals surface area contributed by atoms with Crippen molar-refractivity contribution in [2.45, 2.75) is 4.21 Å². The van der Waals surface area contributed by atoms with Crippen LogP contribution in [0.15, 0.2) is 22.4 Å². The molecule has 0 bridgehead atoms. The van der Waals surface area contributed by atoms with Gasteiger partial charge in [-0.1, -0.05) is 23.7 Å². The maximum atomic E-state index is 6.04. The van der Waals surface area contributed by atoms with Gasteiger partial charge < -0.3 is 0 Å². The lowest BCUT2D eigenvalue weighted by molar-refractivity contribution is 1.75. The van der Waals surface area contributed by atoms with E-state index in [4.69, 9.17) is 11.6 Å². The lowest BCUT2D eigenvalue weighted by Crippen LogP contribution is -1.68. The van der Waals surface area contributed by atoms with E-state index in [9.17, 15) is 0 Å². The molecule has 0 aliphatic heterocycles. The average molecular weight is 327 g/mol. The van der Waals surface area contributed by atoms with E-state index in [0.717, 1.165) is 14.6 Å². The molecule has 0 spiro atoms. The van der Waals surface area contributed by atoms with Crippen molar-refractivity contribution >= 4 is 68.2 Å². The number of halogens is 2. The summed E-state index contributed by atoms with van der Waals surface area (Å²) in [6.07, 6.45) is 0. The molecule has 0 amide bonds. The van der Waals surface area contributed by atoms with E-state index < -0.39 is 0 Å². The van der Waals surface area contributed by atoms with Gasteiger partial charge in [0.1, 0.15) is 0 Å². The van der Waals surface area contributed by atoms with Crippen LogP contribution < -0.4 is 0 Å². The Morgan fingerprint density at radius 2 is 2.17 bits per heavy atom. The van der Waals surface area contributed by atoms with Crippen molar-refractivity contribution in [2.75, 3.05) is 0 Å². The van der Waals surface area contributed by atoms with Crippen molar-refractivity contribution < 1.29 is 0 Å². The first-order chi connectivity index (χ1) is 5.70. The zero-order valence-electron chi connectivity index (χ0n) is 5.84. The predicted molar refractivity (Wildman–Crippen MR) is 66.8 cm³/mol. The fourth-order valence-electron chi connectivity index (χ4n) is 1.04. The van der Waals surface area contributed by atoms with Crippen molar-refractivity contribution in [3.05, 3.63) is 26.8 Å². The fourth-order valence-corrected chi connectivity index (χ4v) is 3.43. The monoisotopic (exact) mass is 326 g/mol. The summed E-state index contributed by atoms with van der Waals surface area (Å²) in [5.41, 5.74) is 0. The minimum Gasteiger partial charge on any atom is -0.131 e. The smallest absolute Gasteiger partial charge is 0.0768 e. The Bertz CT molecular complexity index is 436. The predicted octanol–water partition coefficient (Wildman–Crippen LogP) is 4.45. The number of rotatable bonds is 0. The molecule has 1 heterocycles. The molecule has 0 atom stereocenters. The molecule has 1 aromatic carbocycles. The van der Waals surface area contributed by atoms with E-state index in [1.807, 2.05) is 12.1 Å². The molecule has 0 fully saturated rings. The van der Waals surface area contributed by atoms with Crippen LogP contribution >= 0.6 is 58.2 Å². The maximum absolute atomic E-state index is 6.04. The van der Waals surface area contributed by atoms with Gasteiger partial charge in [0, 0.05) is 8.96 Å². The number of hydrogen-bond acceptors (Lipinski definition) is 2. The van der Waals surface area contributed by atoms with E-state index in [2.05, 4.69) is 41.3 Å². The molecule has 62 valence electrons. The van der Waals surface area contributed by atoms with Crippen molar-refractivity contribution in [3.8, 4) is 0 Å². The molecule has 0 radical (unpaired) electrons. The molecule has 2 aromatic rings. The third-order valence-corrected chi connectivity index (χ3v) is 5.03. The molecule has 1 aromatic heterocycles. The summed E-state index contributed by atoms with van der Waals surface area (Å²) in [4.78, 5) is 0. The van der Waals surface area contributed by atoms with Crippen LogP contribution in [0.1, 0.15) is 0 Å². The molecule has 0 saturated carbocycles. The molecule has 2 rings (SSSR count). The van der Waals surface area contributed by atoms with Gasteiger partial charge in [0.25, 0.3) is 0 Å². The first-order valence-corrected chi connectivity index (χ1v) is 5.97. The van der Waals surface area contributed by atoms with E-state index in [1.165, 1.54) is 8.27 Å². The van der Waals surface area contributed by atoms with E-state index in [0.29, 0.717) is 0 Å². The number of thiophene rings is 1. The minimum absolute atomic E-state index is 0.775. The third kappa shape index (κ3) is 1.36. The molecule has 0 aliphatic carbocycles. The second-order valence-corrected chi connectivity index (χ2v) is 5.65. The van der Waals surface area contributed by atoms with Crippen LogP contribution in [0.4, 0.5) is 0 Å². The van der Waals surface area contributed by atoms with Crippen LogP contribution in [0, 0.1) is 3.57 Å². The lowest BCUT2D eigenvalue weighted by atomic mass is 10.3. The van der Waals surface area contributed by atoms with Gasteiger partial charge in [-0.3, -0.25) is 0 Å². The normalized spacial score (nSPS) is 10.9. The summed E-state index contributed by atoms with van der Waals surface area (Å²) in [6.45, 7) is 0. The molecule has 0 unspecified atom stereocenters. The Kier molecular flexibility index (Phi) is 2.56.